The molecule has 0 saturated heterocycles. The van der Waals surface area contributed by atoms with Gasteiger partial charge in [0.15, 0.2) is 0 Å². The van der Waals surface area contributed by atoms with E-state index in [1.165, 1.54) is 0 Å². The Morgan fingerprint density at radius 3 is 2.92 bits per heavy atom. The predicted octanol–water partition coefficient (Wildman–Crippen LogP) is 3.12. The molecule has 0 N–H and O–H groups in total. The molecule has 0 radical (unpaired) electrons. The second-order valence-corrected chi connectivity index (χ2v) is 5.31. The number of hydrogen-bond acceptors (Lipinski definition) is 5. The van der Waals surface area contributed by atoms with Crippen LogP contribution in [0.4, 0.5) is 5.82 Å². The average molecular weight is 321 g/mol. The Morgan fingerprint density at radius 2 is 2.21 bits per heavy atom. The van der Waals surface area contributed by atoms with Crippen LogP contribution in [0.2, 0.25) is 0 Å². The van der Waals surface area contributed by atoms with Crippen LogP contribution in [-0.2, 0) is 11.3 Å². The van der Waals surface area contributed by atoms with Crippen LogP contribution >= 0.6 is 0 Å². The van der Waals surface area contributed by atoms with Crippen molar-refractivity contribution in [3.05, 3.63) is 67.2 Å². The second kappa shape index (κ2) is 6.64. The molecule has 0 aliphatic carbocycles. The van der Waals surface area contributed by atoms with Gasteiger partial charge in [-0.2, -0.15) is 4.98 Å². The molecule has 6 nitrogen and oxygen atoms in total. The van der Waals surface area contributed by atoms with Crippen molar-refractivity contribution >= 4 is 22.5 Å². The van der Waals surface area contributed by atoms with Crippen molar-refractivity contribution < 1.29 is 4.74 Å². The first-order valence-corrected chi connectivity index (χ1v) is 7.49. The summed E-state index contributed by atoms with van der Waals surface area (Å²) in [5.74, 6) is 1.32. The molecule has 2 heterocycles. The molecule has 24 heavy (non-hydrogen) atoms. The Balaban J connectivity index is 2.28. The van der Waals surface area contributed by atoms with E-state index in [4.69, 9.17) is 4.74 Å². The van der Waals surface area contributed by atoms with Gasteiger partial charge >= 0.3 is 0 Å². The third kappa shape index (κ3) is 2.68. The standard InChI is InChI=1S/C18H19N5O/c1-5-7-14(6-2)22(3)17-15-9-8-13(11-24-4)10-16(15)23-12-19-21-18(23)20-17/h5-10,12H,1-2,11H2,3-4H3/b14-7+. The van der Waals surface area contributed by atoms with Crippen molar-refractivity contribution in [2.24, 2.45) is 0 Å². The molecule has 6 heteroatoms. The van der Waals surface area contributed by atoms with Crippen LogP contribution in [0.15, 0.2) is 61.6 Å². The third-order valence-corrected chi connectivity index (χ3v) is 3.81. The molecule has 0 spiro atoms. The molecule has 0 atom stereocenters. The number of fused-ring (bicyclic) bond motifs is 3. The van der Waals surface area contributed by atoms with Crippen LogP contribution in [0.25, 0.3) is 16.7 Å². The molecule has 0 unspecified atom stereocenters. The number of benzene rings is 1. The lowest BCUT2D eigenvalue weighted by molar-refractivity contribution is 0.185. The van der Waals surface area contributed by atoms with Gasteiger partial charge in [-0.1, -0.05) is 25.3 Å². The van der Waals surface area contributed by atoms with Crippen LogP contribution in [-0.4, -0.2) is 33.7 Å². The maximum atomic E-state index is 5.24. The molecule has 1 aromatic carbocycles. The van der Waals surface area contributed by atoms with Crippen LogP contribution < -0.4 is 4.90 Å². The van der Waals surface area contributed by atoms with E-state index in [0.29, 0.717) is 12.4 Å². The monoisotopic (exact) mass is 321 g/mol. The first-order valence-electron chi connectivity index (χ1n) is 7.49. The van der Waals surface area contributed by atoms with Gasteiger partial charge in [0.05, 0.1) is 12.1 Å². The van der Waals surface area contributed by atoms with Gasteiger partial charge in [0, 0.05) is 25.2 Å². The highest BCUT2D eigenvalue weighted by molar-refractivity contribution is 5.92. The first-order chi connectivity index (χ1) is 11.7. The van der Waals surface area contributed by atoms with E-state index in [2.05, 4.69) is 34.4 Å². The molecule has 0 aliphatic heterocycles. The van der Waals surface area contributed by atoms with E-state index >= 15 is 0 Å². The van der Waals surface area contributed by atoms with Crippen molar-refractivity contribution in [2.45, 2.75) is 6.61 Å². The Labute approximate surface area is 140 Å². The van der Waals surface area contributed by atoms with Gasteiger partial charge in [0.25, 0.3) is 5.78 Å². The zero-order valence-electron chi connectivity index (χ0n) is 13.8. The van der Waals surface area contributed by atoms with Crippen molar-refractivity contribution in [1.82, 2.24) is 19.6 Å². The van der Waals surface area contributed by atoms with Gasteiger partial charge < -0.3 is 9.64 Å². The molecule has 2 aromatic heterocycles. The maximum absolute atomic E-state index is 5.24. The number of hydrogen-bond donors (Lipinski definition) is 0. The summed E-state index contributed by atoms with van der Waals surface area (Å²) in [6.07, 6.45) is 7.04. The van der Waals surface area contributed by atoms with Gasteiger partial charge in [-0.05, 0) is 29.8 Å². The number of anilines is 1. The maximum Gasteiger partial charge on any atom is 0.257 e. The van der Waals surface area contributed by atoms with E-state index < -0.39 is 0 Å². The van der Waals surface area contributed by atoms with Gasteiger partial charge in [-0.3, -0.25) is 4.40 Å². The highest BCUT2D eigenvalue weighted by atomic mass is 16.5. The highest BCUT2D eigenvalue weighted by Gasteiger charge is 2.15. The number of rotatable bonds is 6. The van der Waals surface area contributed by atoms with Crippen LogP contribution in [0.1, 0.15) is 5.56 Å². The number of allylic oxidation sites excluding steroid dienone is 3. The van der Waals surface area contributed by atoms with Crippen LogP contribution in [0, 0.1) is 0 Å². The molecular weight excluding hydrogens is 302 g/mol. The van der Waals surface area contributed by atoms with Gasteiger partial charge in [-0.25, -0.2) is 0 Å². The fourth-order valence-corrected chi connectivity index (χ4v) is 2.67. The average Bonchev–Trinajstić information content (AvgIpc) is 3.07. The SMILES string of the molecule is C=C/C=C(\C=C)N(C)c1nc2nncn2c2cc(COC)ccc12. The molecule has 0 saturated carbocycles. The zero-order valence-corrected chi connectivity index (χ0v) is 13.8. The number of methoxy groups -OCH3 is 1. The molecule has 0 amide bonds. The minimum Gasteiger partial charge on any atom is -0.380 e. The Bertz CT molecular complexity index is 941. The van der Waals surface area contributed by atoms with Crippen molar-refractivity contribution in [3.8, 4) is 0 Å². The van der Waals surface area contributed by atoms with E-state index in [0.717, 1.165) is 28.0 Å². The number of nitrogens with zero attached hydrogens (tertiary/aromatic N) is 5. The number of likely N-dealkylation sites (N-methyl/N-ethyl adjacent to an activating group) is 1. The van der Waals surface area contributed by atoms with E-state index in [1.54, 1.807) is 25.6 Å². The minimum absolute atomic E-state index is 0.543. The Hall–Kier alpha value is -2.99. The first kappa shape index (κ1) is 15.9. The lowest BCUT2D eigenvalue weighted by Crippen LogP contribution is -2.17. The molecule has 3 aromatic rings. The molecule has 0 aliphatic rings. The minimum atomic E-state index is 0.543. The van der Waals surface area contributed by atoms with E-state index in [9.17, 15) is 0 Å². The summed E-state index contributed by atoms with van der Waals surface area (Å²) >= 11 is 0. The molecule has 122 valence electrons. The molecular formula is C18H19N5O. The number of ether oxygens (including phenoxy) is 1. The van der Waals surface area contributed by atoms with Crippen molar-refractivity contribution in [2.75, 3.05) is 19.1 Å². The van der Waals surface area contributed by atoms with Gasteiger partial charge in [0.1, 0.15) is 12.1 Å². The summed E-state index contributed by atoms with van der Waals surface area (Å²) in [5, 5.41) is 9.06. The number of aromatic nitrogens is 4. The van der Waals surface area contributed by atoms with Crippen molar-refractivity contribution in [3.63, 3.8) is 0 Å². The smallest absolute Gasteiger partial charge is 0.257 e. The third-order valence-electron chi connectivity index (χ3n) is 3.81. The van der Waals surface area contributed by atoms with Crippen molar-refractivity contribution in [1.29, 1.82) is 0 Å². The quantitative estimate of drug-likeness (QED) is 0.653. The Morgan fingerprint density at radius 1 is 1.38 bits per heavy atom. The molecule has 3 rings (SSSR count). The summed E-state index contributed by atoms with van der Waals surface area (Å²) in [7, 11) is 3.62. The summed E-state index contributed by atoms with van der Waals surface area (Å²) in [4.78, 5) is 6.61. The molecule has 0 bridgehead atoms. The molecule has 0 fully saturated rings. The lowest BCUT2D eigenvalue weighted by atomic mass is 10.1. The summed E-state index contributed by atoms with van der Waals surface area (Å²) in [6, 6.07) is 6.14. The van der Waals surface area contributed by atoms with E-state index in [-0.39, 0.29) is 0 Å². The van der Waals surface area contributed by atoms with Crippen LogP contribution in [0.5, 0.6) is 0 Å². The highest BCUT2D eigenvalue weighted by Crippen LogP contribution is 2.28. The predicted molar refractivity (Wildman–Crippen MR) is 95.9 cm³/mol. The lowest BCUT2D eigenvalue weighted by Gasteiger charge is -2.21. The zero-order chi connectivity index (χ0) is 17.1. The second-order valence-electron chi connectivity index (χ2n) is 5.31. The van der Waals surface area contributed by atoms with Gasteiger partial charge in [-0.15, -0.1) is 10.2 Å². The van der Waals surface area contributed by atoms with E-state index in [1.807, 2.05) is 34.6 Å². The largest absolute Gasteiger partial charge is 0.380 e. The fourth-order valence-electron chi connectivity index (χ4n) is 2.67. The Kier molecular flexibility index (Phi) is 4.39. The topological polar surface area (TPSA) is 55.6 Å². The summed E-state index contributed by atoms with van der Waals surface area (Å²) < 4.78 is 7.11. The fraction of sp³-hybridized carbons (Fsp3) is 0.167. The summed E-state index contributed by atoms with van der Waals surface area (Å²) in [6.45, 7) is 8.15. The van der Waals surface area contributed by atoms with Gasteiger partial charge in [0.2, 0.25) is 0 Å². The summed E-state index contributed by atoms with van der Waals surface area (Å²) in [5.41, 5.74) is 2.94. The van der Waals surface area contributed by atoms with Crippen LogP contribution in [0.3, 0.4) is 0 Å². The normalized spacial score (nSPS) is 11.8.